The van der Waals surface area contributed by atoms with Gasteiger partial charge >= 0.3 is 23.9 Å². The summed E-state index contributed by atoms with van der Waals surface area (Å²) in [6.07, 6.45) is 18.4. The van der Waals surface area contributed by atoms with Crippen LogP contribution in [0.5, 0.6) is 34.5 Å². The Morgan fingerprint density at radius 3 is 0.818 bits per heavy atom. The van der Waals surface area contributed by atoms with Gasteiger partial charge in [0.1, 0.15) is 34.5 Å². The zero-order chi connectivity index (χ0) is 46.9. The molecule has 0 unspecified atom stereocenters. The predicted octanol–water partition coefficient (Wildman–Crippen LogP) is 12.0. The maximum absolute atomic E-state index is 12.7. The fraction of sp³-hybridized carbons (Fsp3) is 0.407. The van der Waals surface area contributed by atoms with Crippen LogP contribution in [0.2, 0.25) is 0 Å². The van der Waals surface area contributed by atoms with Gasteiger partial charge in [-0.15, -0.1) is 0 Å². The van der Waals surface area contributed by atoms with E-state index in [1.807, 2.05) is 0 Å². The minimum atomic E-state index is -0.442. The van der Waals surface area contributed by atoms with Gasteiger partial charge in [0, 0.05) is 12.2 Å². The molecule has 0 aliphatic rings. The lowest BCUT2D eigenvalue weighted by Gasteiger charge is -2.09. The first-order valence-corrected chi connectivity index (χ1v) is 23.3. The van der Waals surface area contributed by atoms with Crippen LogP contribution < -0.4 is 28.4 Å². The van der Waals surface area contributed by atoms with Crippen molar-refractivity contribution >= 4 is 23.9 Å². The van der Waals surface area contributed by atoms with Crippen molar-refractivity contribution in [3.63, 3.8) is 0 Å². The number of rotatable bonds is 35. The molecule has 12 nitrogen and oxygen atoms in total. The average molecular weight is 907 g/mol. The van der Waals surface area contributed by atoms with Crippen molar-refractivity contribution in [2.45, 2.75) is 103 Å². The molecule has 0 radical (unpaired) electrons. The van der Waals surface area contributed by atoms with Gasteiger partial charge in [0.05, 0.1) is 50.8 Å². The molecular formula is C54H66O12. The number of benzene rings is 4. The fourth-order valence-electron chi connectivity index (χ4n) is 6.52. The van der Waals surface area contributed by atoms with Gasteiger partial charge in [-0.3, -0.25) is 0 Å². The molecule has 0 atom stereocenters. The number of ether oxygens (including phenoxy) is 8. The molecule has 0 bridgehead atoms. The Morgan fingerprint density at radius 1 is 0.318 bits per heavy atom. The number of hydrogen-bond donors (Lipinski definition) is 0. The summed E-state index contributed by atoms with van der Waals surface area (Å²) in [5.41, 5.74) is 0.883. The Balaban J connectivity index is 0.946. The Kier molecular flexibility index (Phi) is 25.4. The highest BCUT2D eigenvalue weighted by molar-refractivity contribution is 5.91. The van der Waals surface area contributed by atoms with Crippen molar-refractivity contribution in [2.75, 3.05) is 39.6 Å². The molecule has 12 heteroatoms. The van der Waals surface area contributed by atoms with Crippen LogP contribution in [0, 0.1) is 0 Å². The van der Waals surface area contributed by atoms with Crippen molar-refractivity contribution in [1.82, 2.24) is 0 Å². The molecule has 0 aliphatic heterocycles. The van der Waals surface area contributed by atoms with Gasteiger partial charge in [-0.05, 0) is 161 Å². The third-order valence-electron chi connectivity index (χ3n) is 10.3. The molecule has 0 spiro atoms. The molecule has 0 saturated heterocycles. The summed E-state index contributed by atoms with van der Waals surface area (Å²) in [4.78, 5) is 47.4. The van der Waals surface area contributed by atoms with E-state index in [0.717, 1.165) is 101 Å². The summed E-state index contributed by atoms with van der Waals surface area (Å²) in [7, 11) is 0. The molecule has 4 aromatic carbocycles. The number of unbranched alkanes of at least 4 members (excludes halogenated alkanes) is 13. The topological polar surface area (TPSA) is 142 Å². The lowest BCUT2D eigenvalue weighted by atomic mass is 10.1. The van der Waals surface area contributed by atoms with Gasteiger partial charge < -0.3 is 37.9 Å². The highest BCUT2D eigenvalue weighted by Gasteiger charge is 2.11. The number of esters is 4. The Morgan fingerprint density at radius 2 is 0.545 bits per heavy atom. The van der Waals surface area contributed by atoms with E-state index in [-0.39, 0.29) is 0 Å². The van der Waals surface area contributed by atoms with E-state index in [9.17, 15) is 19.2 Å². The lowest BCUT2D eigenvalue weighted by molar-refractivity contribution is -0.138. The van der Waals surface area contributed by atoms with Gasteiger partial charge in [0.15, 0.2) is 0 Å². The monoisotopic (exact) mass is 906 g/mol. The molecule has 66 heavy (non-hydrogen) atoms. The summed E-state index contributed by atoms with van der Waals surface area (Å²) in [5.74, 6) is 2.05. The average Bonchev–Trinajstić information content (AvgIpc) is 3.34. The van der Waals surface area contributed by atoms with E-state index in [2.05, 4.69) is 13.2 Å². The summed E-state index contributed by atoms with van der Waals surface area (Å²) >= 11 is 0. The Hall–Kier alpha value is -6.56. The van der Waals surface area contributed by atoms with Gasteiger partial charge in [-0.1, -0.05) is 51.7 Å². The summed E-state index contributed by atoms with van der Waals surface area (Å²) in [5, 5.41) is 0. The first-order valence-electron chi connectivity index (χ1n) is 23.3. The van der Waals surface area contributed by atoms with Crippen molar-refractivity contribution < 1.29 is 57.1 Å². The molecular weight excluding hydrogens is 841 g/mol. The highest BCUT2D eigenvalue weighted by atomic mass is 16.5. The fourth-order valence-corrected chi connectivity index (χ4v) is 6.52. The third kappa shape index (κ3) is 22.4. The van der Waals surface area contributed by atoms with Crippen molar-refractivity contribution in [3.05, 3.63) is 133 Å². The van der Waals surface area contributed by atoms with Crippen LogP contribution >= 0.6 is 0 Å². The number of carbonyl (C=O) groups is 4. The molecule has 0 aliphatic carbocycles. The highest BCUT2D eigenvalue weighted by Crippen LogP contribution is 2.22. The van der Waals surface area contributed by atoms with E-state index in [1.165, 1.54) is 25.0 Å². The minimum absolute atomic E-state index is 0.393. The number of hydrogen-bond acceptors (Lipinski definition) is 12. The third-order valence-corrected chi connectivity index (χ3v) is 10.3. The maximum atomic E-state index is 12.7. The Labute approximate surface area is 390 Å². The zero-order valence-electron chi connectivity index (χ0n) is 38.3. The molecule has 0 aromatic heterocycles. The van der Waals surface area contributed by atoms with Crippen molar-refractivity contribution in [1.29, 1.82) is 0 Å². The van der Waals surface area contributed by atoms with E-state index >= 15 is 0 Å². The van der Waals surface area contributed by atoms with Crippen LogP contribution in [0.3, 0.4) is 0 Å². The van der Waals surface area contributed by atoms with Gasteiger partial charge in [-0.25, -0.2) is 19.2 Å². The van der Waals surface area contributed by atoms with Gasteiger partial charge in [0.2, 0.25) is 0 Å². The molecule has 0 saturated carbocycles. The Bertz CT molecular complexity index is 1860. The molecule has 0 heterocycles. The van der Waals surface area contributed by atoms with E-state index < -0.39 is 23.9 Å². The zero-order valence-corrected chi connectivity index (χ0v) is 38.3. The SMILES string of the molecule is C=CC(=O)OCCCCCCOc1ccc(OC(=O)c2ccc(OCCCCCCCCCCOc3ccc(C(=O)Oc4ccc(OCCCCCCOC(=O)C=C)cc4)cc3)cc2)cc1. The first kappa shape index (κ1) is 52.1. The van der Waals surface area contributed by atoms with Crippen LogP contribution in [0.4, 0.5) is 0 Å². The minimum Gasteiger partial charge on any atom is -0.494 e. The van der Waals surface area contributed by atoms with Crippen LogP contribution in [-0.4, -0.2) is 63.5 Å². The molecule has 354 valence electrons. The predicted molar refractivity (Wildman–Crippen MR) is 254 cm³/mol. The van der Waals surface area contributed by atoms with E-state index in [4.69, 9.17) is 37.9 Å². The largest absolute Gasteiger partial charge is 0.494 e. The normalized spacial score (nSPS) is 10.6. The molecule has 0 amide bonds. The van der Waals surface area contributed by atoms with E-state index in [0.29, 0.717) is 73.8 Å². The van der Waals surface area contributed by atoms with Gasteiger partial charge in [-0.2, -0.15) is 0 Å². The number of carbonyl (C=O) groups excluding carboxylic acids is 4. The maximum Gasteiger partial charge on any atom is 0.343 e. The second-order valence-electron chi connectivity index (χ2n) is 15.6. The lowest BCUT2D eigenvalue weighted by Crippen LogP contribution is -2.08. The van der Waals surface area contributed by atoms with Crippen molar-refractivity contribution in [2.24, 2.45) is 0 Å². The summed E-state index contributed by atoms with van der Waals surface area (Å²) in [6.45, 7) is 9.95. The standard InChI is InChI=1S/C54H66O12/c1-3-51(55)63-41-19-13-11-17-39-61-47-29-33-49(34-30-47)65-53(57)43-21-25-45(26-22-43)59-37-15-9-7-5-6-8-10-16-38-60-46-27-23-44(24-28-46)54(58)66-50-35-31-48(32-36-50)62-40-18-12-14-20-42-64-52(56)4-2/h3-4,21-36H,1-2,5-20,37-42H2. The molecule has 0 fully saturated rings. The molecule has 4 aromatic rings. The van der Waals surface area contributed by atoms with E-state index in [1.54, 1.807) is 97.1 Å². The van der Waals surface area contributed by atoms with Gasteiger partial charge in [0.25, 0.3) is 0 Å². The second kappa shape index (κ2) is 32.2. The van der Waals surface area contributed by atoms with Crippen LogP contribution in [0.1, 0.15) is 123 Å². The summed E-state index contributed by atoms with van der Waals surface area (Å²) in [6, 6.07) is 28.0. The smallest absolute Gasteiger partial charge is 0.343 e. The van der Waals surface area contributed by atoms with Crippen molar-refractivity contribution in [3.8, 4) is 34.5 Å². The molecule has 4 rings (SSSR count). The summed E-state index contributed by atoms with van der Waals surface area (Å²) < 4.78 is 44.3. The van der Waals surface area contributed by atoms with Crippen LogP contribution in [-0.2, 0) is 19.1 Å². The second-order valence-corrected chi connectivity index (χ2v) is 15.6. The first-order chi connectivity index (χ1) is 32.3. The van der Waals surface area contributed by atoms with Crippen LogP contribution in [0.15, 0.2) is 122 Å². The quantitative estimate of drug-likeness (QED) is 0.0188. The molecule has 0 N–H and O–H groups in total. The van der Waals surface area contributed by atoms with Crippen LogP contribution in [0.25, 0.3) is 0 Å².